The highest BCUT2D eigenvalue weighted by Crippen LogP contribution is 2.60. The molecule has 0 bridgehead atoms. The van der Waals surface area contributed by atoms with E-state index in [-0.39, 0.29) is 29.2 Å². The van der Waals surface area contributed by atoms with Crippen LogP contribution in [0.25, 0.3) is 0 Å². The lowest BCUT2D eigenvalue weighted by atomic mass is 9.53. The third-order valence-corrected chi connectivity index (χ3v) is 6.46. The maximum absolute atomic E-state index is 12.8. The third kappa shape index (κ3) is 2.20. The molecule has 0 radical (unpaired) electrons. The first-order valence-corrected chi connectivity index (χ1v) is 8.95. The first-order valence-electron chi connectivity index (χ1n) is 8.95. The second-order valence-electron chi connectivity index (χ2n) is 7.64. The van der Waals surface area contributed by atoms with Crippen molar-refractivity contribution in [2.45, 2.75) is 51.6 Å². The fourth-order valence-corrected chi connectivity index (χ4v) is 5.29. The Bertz CT molecular complexity index is 692. The maximum atomic E-state index is 12.8. The van der Waals surface area contributed by atoms with Crippen molar-refractivity contribution in [2.24, 2.45) is 17.3 Å². The number of allylic oxidation sites excluding steroid dienone is 2. The molecule has 1 N–H and O–H groups in total. The molecule has 0 spiro atoms. The van der Waals surface area contributed by atoms with Crippen LogP contribution in [0.5, 0.6) is 0 Å². The molecule has 0 amide bonds. The number of Topliss-reactive ketones (excluding diaryl/α,β-unsaturated/α-hetero) is 1. The molecule has 6 nitrogen and oxygen atoms in total. The van der Waals surface area contributed by atoms with Crippen LogP contribution in [-0.4, -0.2) is 48.9 Å². The summed E-state index contributed by atoms with van der Waals surface area (Å²) in [7, 11) is 1.39. The van der Waals surface area contributed by atoms with Crippen molar-refractivity contribution in [3.63, 3.8) is 0 Å². The Balaban J connectivity index is 1.83. The number of carbonyl (C=O) groups excluding carboxylic acids is 2. The lowest BCUT2D eigenvalue weighted by molar-refractivity contribution is -0.144. The molecule has 25 heavy (non-hydrogen) atoms. The third-order valence-electron chi connectivity index (χ3n) is 6.46. The van der Waals surface area contributed by atoms with E-state index in [0.717, 1.165) is 6.42 Å². The lowest BCUT2D eigenvalue weighted by Gasteiger charge is -2.51. The number of hydrogen-bond donors (Lipinski definition) is 1. The van der Waals surface area contributed by atoms with Crippen LogP contribution in [0.3, 0.4) is 0 Å². The summed E-state index contributed by atoms with van der Waals surface area (Å²) in [6.45, 7) is 4.44. The van der Waals surface area contributed by atoms with Crippen LogP contribution in [0.2, 0.25) is 0 Å². The lowest BCUT2D eigenvalue weighted by Crippen LogP contribution is -2.54. The molecule has 3 aliphatic carbocycles. The fourth-order valence-electron chi connectivity index (χ4n) is 5.29. The molecule has 6 heteroatoms. The van der Waals surface area contributed by atoms with Gasteiger partial charge in [-0.25, -0.2) is 0 Å². The predicted molar refractivity (Wildman–Crippen MR) is 87.4 cm³/mol. The van der Waals surface area contributed by atoms with Gasteiger partial charge in [0.1, 0.15) is 0 Å². The zero-order chi connectivity index (χ0) is 17.9. The minimum atomic E-state index is -0.533. The van der Waals surface area contributed by atoms with E-state index in [9.17, 15) is 14.7 Å². The van der Waals surface area contributed by atoms with Crippen LogP contribution in [-0.2, 0) is 23.8 Å². The van der Waals surface area contributed by atoms with E-state index in [4.69, 9.17) is 14.2 Å². The number of aliphatic hydroxyl groups excluding tert-OH is 1. The summed E-state index contributed by atoms with van der Waals surface area (Å²) in [5.41, 5.74) is 0.365. The first-order chi connectivity index (χ1) is 11.9. The maximum Gasteiger partial charge on any atom is 0.224 e. The Morgan fingerprint density at radius 1 is 1.36 bits per heavy atom. The summed E-state index contributed by atoms with van der Waals surface area (Å²) in [5.74, 6) is -0.333. The number of fused-ring (bicyclic) bond motifs is 1. The number of carbonyl (C=O) groups is 2. The molecule has 4 rings (SSSR count). The average molecular weight is 348 g/mol. The smallest absolute Gasteiger partial charge is 0.224 e. The van der Waals surface area contributed by atoms with Crippen molar-refractivity contribution in [3.05, 3.63) is 23.0 Å². The van der Waals surface area contributed by atoms with Crippen LogP contribution >= 0.6 is 0 Å². The quantitative estimate of drug-likeness (QED) is 0.779. The Labute approximate surface area is 146 Å². The predicted octanol–water partition coefficient (Wildman–Crippen LogP) is 1.52. The monoisotopic (exact) mass is 348 g/mol. The van der Waals surface area contributed by atoms with Gasteiger partial charge in [-0.15, -0.1) is 0 Å². The normalized spacial score (nSPS) is 42.9. The summed E-state index contributed by atoms with van der Waals surface area (Å²) in [6.07, 6.45) is 1.64. The topological polar surface area (TPSA) is 82.1 Å². The van der Waals surface area contributed by atoms with Gasteiger partial charge >= 0.3 is 0 Å². The van der Waals surface area contributed by atoms with Crippen LogP contribution < -0.4 is 0 Å². The second-order valence-corrected chi connectivity index (χ2v) is 7.64. The Kier molecular flexibility index (Phi) is 3.90. The highest BCUT2D eigenvalue weighted by molar-refractivity contribution is 6.22. The summed E-state index contributed by atoms with van der Waals surface area (Å²) in [5, 5.41) is 10.7. The number of ketones is 2. The van der Waals surface area contributed by atoms with Gasteiger partial charge in [-0.3, -0.25) is 9.59 Å². The van der Waals surface area contributed by atoms with E-state index in [2.05, 4.69) is 0 Å². The summed E-state index contributed by atoms with van der Waals surface area (Å²) in [4.78, 5) is 25.5. The van der Waals surface area contributed by atoms with E-state index in [1.807, 2.05) is 13.8 Å². The highest BCUT2D eigenvalue weighted by atomic mass is 16.7. The van der Waals surface area contributed by atoms with Gasteiger partial charge in [-0.05, 0) is 26.2 Å². The van der Waals surface area contributed by atoms with Crippen LogP contribution in [0.1, 0.15) is 33.1 Å². The largest absolute Gasteiger partial charge is 0.493 e. The number of ether oxygens (including phenoxy) is 3. The van der Waals surface area contributed by atoms with E-state index < -0.39 is 23.9 Å². The summed E-state index contributed by atoms with van der Waals surface area (Å²) in [6, 6.07) is 0. The van der Waals surface area contributed by atoms with Crippen molar-refractivity contribution in [2.75, 3.05) is 13.7 Å². The molecule has 0 aromatic heterocycles. The molecule has 2 fully saturated rings. The van der Waals surface area contributed by atoms with Gasteiger partial charge in [0.05, 0.1) is 19.3 Å². The molecule has 0 aromatic carbocycles. The van der Waals surface area contributed by atoms with Crippen molar-refractivity contribution in [1.29, 1.82) is 0 Å². The van der Waals surface area contributed by atoms with Gasteiger partial charge in [0.25, 0.3) is 0 Å². The van der Waals surface area contributed by atoms with Crippen molar-refractivity contribution in [1.82, 2.24) is 0 Å². The minimum Gasteiger partial charge on any atom is -0.493 e. The molecule has 0 aromatic rings. The molecule has 1 aliphatic heterocycles. The van der Waals surface area contributed by atoms with Crippen molar-refractivity contribution in [3.8, 4) is 0 Å². The molecule has 1 heterocycles. The molecule has 1 saturated heterocycles. The Hall–Kier alpha value is -1.50. The van der Waals surface area contributed by atoms with Gasteiger partial charge in [0.15, 0.2) is 17.8 Å². The van der Waals surface area contributed by atoms with Gasteiger partial charge in [-0.2, -0.15) is 0 Å². The zero-order valence-corrected chi connectivity index (χ0v) is 14.8. The van der Waals surface area contributed by atoms with E-state index in [1.54, 1.807) is 0 Å². The minimum absolute atomic E-state index is 0.0270. The number of hydrogen-bond acceptors (Lipinski definition) is 6. The van der Waals surface area contributed by atoms with Crippen LogP contribution in [0, 0.1) is 17.3 Å². The van der Waals surface area contributed by atoms with Crippen LogP contribution in [0.15, 0.2) is 23.0 Å². The SMILES string of the molecule is CCO[C@@H]1O[C@@H]2C3=C(C[C@@]4(C)[C@@H]2[C@H]1CC[C@H]4O)C(=O)C(OC)=CC3=O. The highest BCUT2D eigenvalue weighted by Gasteiger charge is 2.63. The van der Waals surface area contributed by atoms with Crippen LogP contribution in [0.4, 0.5) is 0 Å². The van der Waals surface area contributed by atoms with Gasteiger partial charge in [-0.1, -0.05) is 6.92 Å². The molecular formula is C19H24O6. The van der Waals surface area contributed by atoms with Gasteiger partial charge in [0.2, 0.25) is 5.78 Å². The Morgan fingerprint density at radius 2 is 2.12 bits per heavy atom. The molecule has 4 aliphatic rings. The fraction of sp³-hybridized carbons (Fsp3) is 0.684. The average Bonchev–Trinajstić information content (AvgIpc) is 2.94. The molecule has 1 saturated carbocycles. The number of aliphatic hydroxyl groups is 1. The van der Waals surface area contributed by atoms with E-state index >= 15 is 0 Å². The molecule has 136 valence electrons. The van der Waals surface area contributed by atoms with Crippen molar-refractivity contribution < 1.29 is 28.9 Å². The van der Waals surface area contributed by atoms with E-state index in [0.29, 0.717) is 30.6 Å². The first kappa shape index (κ1) is 16.9. The standard InChI is InChI=1S/C19H24O6/c1-4-24-18-9-5-6-13(21)19(2)8-10-14(17(25-18)15(9)19)11(20)7-12(23-3)16(10)22/h7,9,13,15,17-18,21H,4-6,8H2,1-3H3/t9-,13-,15-,17-,18-,19-/m1/s1. The number of rotatable bonds is 3. The molecule has 0 unspecified atom stereocenters. The zero-order valence-electron chi connectivity index (χ0n) is 14.8. The van der Waals surface area contributed by atoms with Gasteiger partial charge < -0.3 is 19.3 Å². The second kappa shape index (κ2) is 5.76. The summed E-state index contributed by atoms with van der Waals surface area (Å²) < 4.78 is 17.0. The molecular weight excluding hydrogens is 324 g/mol. The molecule has 6 atom stereocenters. The van der Waals surface area contributed by atoms with E-state index in [1.165, 1.54) is 13.2 Å². The Morgan fingerprint density at radius 3 is 2.80 bits per heavy atom. The number of methoxy groups -OCH3 is 1. The van der Waals surface area contributed by atoms with Gasteiger partial charge in [0, 0.05) is 41.1 Å². The summed E-state index contributed by atoms with van der Waals surface area (Å²) >= 11 is 0. The van der Waals surface area contributed by atoms with Crippen molar-refractivity contribution >= 4 is 11.6 Å².